The number of nitrogens with zero attached hydrogens (tertiary/aromatic N) is 1. The van der Waals surface area contributed by atoms with Gasteiger partial charge < -0.3 is 4.90 Å². The van der Waals surface area contributed by atoms with Crippen molar-refractivity contribution in [1.82, 2.24) is 0 Å². The van der Waals surface area contributed by atoms with Crippen LogP contribution in [0.5, 0.6) is 0 Å². The van der Waals surface area contributed by atoms with E-state index in [1.165, 1.54) is 29.9 Å². The van der Waals surface area contributed by atoms with Gasteiger partial charge in [-0.15, -0.1) is 11.3 Å². The summed E-state index contributed by atoms with van der Waals surface area (Å²) in [5.41, 5.74) is 2.01. The fourth-order valence-electron chi connectivity index (χ4n) is 2.35. The van der Waals surface area contributed by atoms with E-state index in [-0.39, 0.29) is 5.78 Å². The summed E-state index contributed by atoms with van der Waals surface area (Å²) in [6.45, 7) is 2.27. The van der Waals surface area contributed by atoms with Crippen LogP contribution in [0.15, 0.2) is 41.8 Å². The van der Waals surface area contributed by atoms with E-state index in [0.717, 1.165) is 23.5 Å². The van der Waals surface area contributed by atoms with Crippen LogP contribution >= 0.6 is 11.3 Å². The van der Waals surface area contributed by atoms with Gasteiger partial charge in [-0.1, -0.05) is 6.07 Å². The maximum absolute atomic E-state index is 12.1. The molecule has 1 fully saturated rings. The van der Waals surface area contributed by atoms with Crippen molar-refractivity contribution in [2.45, 2.75) is 12.8 Å². The van der Waals surface area contributed by atoms with Gasteiger partial charge >= 0.3 is 0 Å². The minimum atomic E-state index is 0.123. The van der Waals surface area contributed by atoms with Gasteiger partial charge in [0, 0.05) is 24.3 Å². The Balaban J connectivity index is 1.80. The molecule has 2 aromatic rings. The maximum atomic E-state index is 12.1. The van der Waals surface area contributed by atoms with Crippen LogP contribution in [0.25, 0.3) is 0 Å². The van der Waals surface area contributed by atoms with Crippen molar-refractivity contribution < 1.29 is 4.79 Å². The summed E-state index contributed by atoms with van der Waals surface area (Å²) >= 11 is 1.50. The monoisotopic (exact) mass is 257 g/mol. The second kappa shape index (κ2) is 4.94. The lowest BCUT2D eigenvalue weighted by Gasteiger charge is -2.17. The van der Waals surface area contributed by atoms with Crippen LogP contribution in [0.3, 0.4) is 0 Å². The normalized spacial score (nSPS) is 15.0. The van der Waals surface area contributed by atoms with E-state index in [0.29, 0.717) is 0 Å². The summed E-state index contributed by atoms with van der Waals surface area (Å²) < 4.78 is 0. The molecule has 3 rings (SSSR count). The lowest BCUT2D eigenvalue weighted by Crippen LogP contribution is -2.17. The zero-order valence-electron chi connectivity index (χ0n) is 10.1. The van der Waals surface area contributed by atoms with Gasteiger partial charge in [-0.3, -0.25) is 4.79 Å². The minimum Gasteiger partial charge on any atom is -0.372 e. The van der Waals surface area contributed by atoms with Gasteiger partial charge in [0.1, 0.15) is 0 Å². The number of carbonyl (C=O) groups is 1. The highest BCUT2D eigenvalue weighted by Gasteiger charge is 2.14. The van der Waals surface area contributed by atoms with Crippen LogP contribution in [0.4, 0.5) is 5.69 Å². The standard InChI is InChI=1S/C15H15NOS/c17-15(14-4-3-11-18-14)12-5-7-13(8-6-12)16-9-1-2-10-16/h3-8,11H,1-2,9-10H2. The molecule has 0 atom stereocenters. The number of benzene rings is 1. The van der Waals surface area contributed by atoms with Crippen molar-refractivity contribution >= 4 is 22.8 Å². The van der Waals surface area contributed by atoms with E-state index >= 15 is 0 Å². The van der Waals surface area contributed by atoms with Crippen LogP contribution in [-0.2, 0) is 0 Å². The molecule has 0 radical (unpaired) electrons. The van der Waals surface area contributed by atoms with Crippen LogP contribution in [0.1, 0.15) is 28.1 Å². The molecule has 18 heavy (non-hydrogen) atoms. The fourth-order valence-corrected chi connectivity index (χ4v) is 3.03. The molecule has 0 aliphatic carbocycles. The Labute approximate surface area is 111 Å². The first kappa shape index (κ1) is 11.5. The van der Waals surface area contributed by atoms with Crippen molar-refractivity contribution in [3.05, 3.63) is 52.2 Å². The number of thiophene rings is 1. The largest absolute Gasteiger partial charge is 0.372 e. The van der Waals surface area contributed by atoms with Crippen molar-refractivity contribution in [2.75, 3.05) is 18.0 Å². The van der Waals surface area contributed by atoms with Crippen molar-refractivity contribution in [2.24, 2.45) is 0 Å². The molecule has 0 bridgehead atoms. The summed E-state index contributed by atoms with van der Waals surface area (Å²) in [6.07, 6.45) is 2.55. The summed E-state index contributed by atoms with van der Waals surface area (Å²) in [4.78, 5) is 15.3. The van der Waals surface area contributed by atoms with Gasteiger partial charge in [-0.2, -0.15) is 0 Å². The first-order valence-corrected chi connectivity index (χ1v) is 7.16. The summed E-state index contributed by atoms with van der Waals surface area (Å²) in [6, 6.07) is 11.8. The number of hydrogen-bond acceptors (Lipinski definition) is 3. The van der Waals surface area contributed by atoms with E-state index < -0.39 is 0 Å². The van der Waals surface area contributed by atoms with E-state index in [1.807, 2.05) is 29.6 Å². The molecule has 0 saturated carbocycles. The number of carbonyl (C=O) groups excluding carboxylic acids is 1. The lowest BCUT2D eigenvalue weighted by molar-refractivity contribution is 0.104. The molecule has 2 heterocycles. The highest BCUT2D eigenvalue weighted by molar-refractivity contribution is 7.12. The molecule has 0 N–H and O–H groups in total. The molecule has 0 unspecified atom stereocenters. The van der Waals surface area contributed by atoms with Gasteiger partial charge in [0.15, 0.2) is 0 Å². The smallest absolute Gasteiger partial charge is 0.202 e. The molecule has 1 aromatic carbocycles. The van der Waals surface area contributed by atoms with Crippen molar-refractivity contribution in [3.8, 4) is 0 Å². The quantitative estimate of drug-likeness (QED) is 0.783. The number of hydrogen-bond donors (Lipinski definition) is 0. The second-order valence-electron chi connectivity index (χ2n) is 4.55. The van der Waals surface area contributed by atoms with E-state index in [1.54, 1.807) is 0 Å². The SMILES string of the molecule is O=C(c1ccc(N2CCCC2)cc1)c1cccs1. The van der Waals surface area contributed by atoms with Gasteiger partial charge in [0.05, 0.1) is 4.88 Å². The van der Waals surface area contributed by atoms with Crippen LogP contribution in [-0.4, -0.2) is 18.9 Å². The molecular formula is C15H15NOS. The predicted molar refractivity (Wildman–Crippen MR) is 75.6 cm³/mol. The van der Waals surface area contributed by atoms with Crippen molar-refractivity contribution in [3.63, 3.8) is 0 Å². The zero-order chi connectivity index (χ0) is 12.4. The summed E-state index contributed by atoms with van der Waals surface area (Å²) in [5, 5.41) is 1.94. The molecule has 1 aromatic heterocycles. The molecule has 1 aliphatic rings. The zero-order valence-corrected chi connectivity index (χ0v) is 11.0. The maximum Gasteiger partial charge on any atom is 0.202 e. The number of anilines is 1. The number of ketones is 1. The van der Waals surface area contributed by atoms with Gasteiger partial charge in [-0.25, -0.2) is 0 Å². The van der Waals surface area contributed by atoms with Crippen LogP contribution in [0.2, 0.25) is 0 Å². The Hall–Kier alpha value is -1.61. The van der Waals surface area contributed by atoms with Crippen molar-refractivity contribution in [1.29, 1.82) is 0 Å². The van der Waals surface area contributed by atoms with Gasteiger partial charge in [0.2, 0.25) is 5.78 Å². The second-order valence-corrected chi connectivity index (χ2v) is 5.50. The molecule has 2 nitrogen and oxygen atoms in total. The molecule has 1 aliphatic heterocycles. The fraction of sp³-hybridized carbons (Fsp3) is 0.267. The van der Waals surface area contributed by atoms with E-state index in [2.05, 4.69) is 17.0 Å². The highest BCUT2D eigenvalue weighted by atomic mass is 32.1. The van der Waals surface area contributed by atoms with Crippen LogP contribution in [0, 0.1) is 0 Å². The van der Waals surface area contributed by atoms with Crippen LogP contribution < -0.4 is 4.90 Å². The molecule has 1 saturated heterocycles. The van der Waals surface area contributed by atoms with Gasteiger partial charge in [0.25, 0.3) is 0 Å². The molecule has 3 heteroatoms. The Morgan fingerprint density at radius 3 is 2.39 bits per heavy atom. The van der Waals surface area contributed by atoms with E-state index in [4.69, 9.17) is 0 Å². The molecule has 0 amide bonds. The summed E-state index contributed by atoms with van der Waals surface area (Å²) in [5.74, 6) is 0.123. The molecule has 0 spiro atoms. The third-order valence-electron chi connectivity index (χ3n) is 3.35. The Bertz CT molecular complexity index is 524. The minimum absolute atomic E-state index is 0.123. The Kier molecular flexibility index (Phi) is 3.15. The number of rotatable bonds is 3. The topological polar surface area (TPSA) is 20.3 Å². The first-order valence-electron chi connectivity index (χ1n) is 6.28. The van der Waals surface area contributed by atoms with Gasteiger partial charge in [-0.05, 0) is 48.6 Å². The lowest BCUT2D eigenvalue weighted by atomic mass is 10.1. The first-order chi connectivity index (χ1) is 8.84. The average molecular weight is 257 g/mol. The Morgan fingerprint density at radius 1 is 1.06 bits per heavy atom. The predicted octanol–water partition coefficient (Wildman–Crippen LogP) is 3.58. The molecule has 92 valence electrons. The highest BCUT2D eigenvalue weighted by Crippen LogP contribution is 2.22. The average Bonchev–Trinajstić information content (AvgIpc) is 3.11. The third kappa shape index (κ3) is 2.18. The molecular weight excluding hydrogens is 242 g/mol. The summed E-state index contributed by atoms with van der Waals surface area (Å²) in [7, 11) is 0. The Morgan fingerprint density at radius 2 is 1.78 bits per heavy atom. The third-order valence-corrected chi connectivity index (χ3v) is 4.21. The van der Waals surface area contributed by atoms with E-state index in [9.17, 15) is 4.79 Å².